The molecule has 0 atom stereocenters. The van der Waals surface area contributed by atoms with E-state index < -0.39 is 0 Å². The normalized spacial score (nSPS) is 18.3. The Morgan fingerprint density at radius 1 is 1.21 bits per heavy atom. The van der Waals surface area contributed by atoms with Crippen molar-refractivity contribution in [3.63, 3.8) is 0 Å². The van der Waals surface area contributed by atoms with Crippen LogP contribution in [0.3, 0.4) is 0 Å². The lowest BCUT2D eigenvalue weighted by Crippen LogP contribution is -2.46. The van der Waals surface area contributed by atoms with E-state index in [1.54, 1.807) is 0 Å². The summed E-state index contributed by atoms with van der Waals surface area (Å²) in [4.78, 5) is 5.05. The van der Waals surface area contributed by atoms with Crippen LogP contribution in [0.1, 0.15) is 25.2 Å². The number of furan rings is 1. The van der Waals surface area contributed by atoms with Gasteiger partial charge in [-0.25, -0.2) is 0 Å². The van der Waals surface area contributed by atoms with E-state index in [2.05, 4.69) is 35.0 Å². The number of nitrogens with one attached hydrogen (secondary N) is 1. The second kappa shape index (κ2) is 7.08. The van der Waals surface area contributed by atoms with Gasteiger partial charge >= 0.3 is 0 Å². The van der Waals surface area contributed by atoms with E-state index in [1.807, 2.05) is 13.3 Å². The molecule has 0 spiro atoms. The third-order valence-corrected chi connectivity index (χ3v) is 3.56. The zero-order valence-corrected chi connectivity index (χ0v) is 12.5. The lowest BCUT2D eigenvalue weighted by molar-refractivity contribution is 0.112. The number of hydrogen-bond donors (Lipinski definition) is 1. The van der Waals surface area contributed by atoms with E-state index in [4.69, 9.17) is 4.42 Å². The monoisotopic (exact) mass is 265 g/mol. The molecule has 0 unspecified atom stereocenters. The maximum absolute atomic E-state index is 5.62. The molecule has 2 heterocycles. The van der Waals surface area contributed by atoms with Crippen molar-refractivity contribution in [1.82, 2.24) is 15.1 Å². The quantitative estimate of drug-likeness (QED) is 0.849. The van der Waals surface area contributed by atoms with Crippen LogP contribution in [-0.2, 0) is 13.1 Å². The van der Waals surface area contributed by atoms with Gasteiger partial charge in [0.1, 0.15) is 5.76 Å². The van der Waals surface area contributed by atoms with Gasteiger partial charge in [0.05, 0.1) is 12.8 Å². The first-order chi connectivity index (χ1) is 9.17. The van der Waals surface area contributed by atoms with Crippen molar-refractivity contribution < 1.29 is 4.42 Å². The summed E-state index contributed by atoms with van der Waals surface area (Å²) >= 11 is 0. The molecule has 1 fully saturated rings. The zero-order chi connectivity index (χ0) is 13.7. The molecule has 108 valence electrons. The highest BCUT2D eigenvalue weighted by molar-refractivity contribution is 5.12. The second-order valence-electron chi connectivity index (χ2n) is 5.92. The molecule has 0 aliphatic carbocycles. The van der Waals surface area contributed by atoms with Gasteiger partial charge < -0.3 is 14.6 Å². The van der Waals surface area contributed by atoms with E-state index in [0.717, 1.165) is 37.9 Å². The lowest BCUT2D eigenvalue weighted by atomic mass is 10.2. The first-order valence-corrected chi connectivity index (χ1v) is 7.33. The predicted molar refractivity (Wildman–Crippen MR) is 78.0 cm³/mol. The highest BCUT2D eigenvalue weighted by Gasteiger charge is 2.18. The van der Waals surface area contributed by atoms with E-state index in [0.29, 0.717) is 0 Å². The Kier molecular flexibility index (Phi) is 5.43. The topological polar surface area (TPSA) is 31.7 Å². The van der Waals surface area contributed by atoms with Gasteiger partial charge in [-0.15, -0.1) is 0 Å². The molecule has 4 heteroatoms. The summed E-state index contributed by atoms with van der Waals surface area (Å²) in [6.45, 7) is 12.3. The summed E-state index contributed by atoms with van der Waals surface area (Å²) in [6, 6.07) is 2.16. The maximum atomic E-state index is 5.62. The molecule has 0 amide bonds. The smallest absolute Gasteiger partial charge is 0.118 e. The van der Waals surface area contributed by atoms with Crippen molar-refractivity contribution in [2.75, 3.05) is 39.8 Å². The summed E-state index contributed by atoms with van der Waals surface area (Å²) in [7, 11) is 1.96. The van der Waals surface area contributed by atoms with Gasteiger partial charge in [-0.2, -0.15) is 0 Å². The highest BCUT2D eigenvalue weighted by atomic mass is 16.3. The SMILES string of the molecule is CNCc1coc(CN2CCN(CC(C)C)CC2)c1. The Morgan fingerprint density at radius 3 is 2.53 bits per heavy atom. The van der Waals surface area contributed by atoms with Crippen molar-refractivity contribution in [2.24, 2.45) is 5.92 Å². The molecule has 0 radical (unpaired) electrons. The molecule has 1 aromatic rings. The molecule has 4 nitrogen and oxygen atoms in total. The Morgan fingerprint density at radius 2 is 1.89 bits per heavy atom. The van der Waals surface area contributed by atoms with E-state index in [1.165, 1.54) is 25.2 Å². The molecule has 19 heavy (non-hydrogen) atoms. The fourth-order valence-electron chi connectivity index (χ4n) is 2.67. The van der Waals surface area contributed by atoms with Gasteiger partial charge in [-0.3, -0.25) is 4.90 Å². The van der Waals surface area contributed by atoms with Crippen molar-refractivity contribution in [3.05, 3.63) is 23.7 Å². The van der Waals surface area contributed by atoms with Crippen LogP contribution >= 0.6 is 0 Å². The second-order valence-corrected chi connectivity index (χ2v) is 5.92. The van der Waals surface area contributed by atoms with Crippen LogP contribution in [0.25, 0.3) is 0 Å². The summed E-state index contributed by atoms with van der Waals surface area (Å²) in [5.74, 6) is 1.85. The Labute approximate surface area is 116 Å². The average molecular weight is 265 g/mol. The molecule has 1 aromatic heterocycles. The van der Waals surface area contributed by atoms with Crippen LogP contribution < -0.4 is 5.32 Å². The molecule has 0 aromatic carbocycles. The van der Waals surface area contributed by atoms with Gasteiger partial charge in [0.15, 0.2) is 0 Å². The van der Waals surface area contributed by atoms with Crippen molar-refractivity contribution in [1.29, 1.82) is 0 Å². The summed E-state index contributed by atoms with van der Waals surface area (Å²) < 4.78 is 5.62. The van der Waals surface area contributed by atoms with Crippen molar-refractivity contribution >= 4 is 0 Å². The van der Waals surface area contributed by atoms with Crippen LogP contribution in [0.2, 0.25) is 0 Å². The summed E-state index contributed by atoms with van der Waals surface area (Å²) in [5, 5.41) is 3.14. The van der Waals surface area contributed by atoms with Gasteiger partial charge in [0.2, 0.25) is 0 Å². The maximum Gasteiger partial charge on any atom is 0.118 e. The predicted octanol–water partition coefficient (Wildman–Crippen LogP) is 1.77. The molecule has 0 saturated carbocycles. The molecule has 1 aliphatic rings. The number of piperazine rings is 1. The fourth-order valence-corrected chi connectivity index (χ4v) is 2.67. The van der Waals surface area contributed by atoms with Crippen LogP contribution in [0.5, 0.6) is 0 Å². The standard InChI is InChI=1S/C15H27N3O/c1-13(2)10-17-4-6-18(7-5-17)11-15-8-14(9-16-3)12-19-15/h8,12-13,16H,4-7,9-11H2,1-3H3. The largest absolute Gasteiger partial charge is 0.468 e. The van der Waals surface area contributed by atoms with E-state index >= 15 is 0 Å². The summed E-state index contributed by atoms with van der Waals surface area (Å²) in [6.07, 6.45) is 1.86. The highest BCUT2D eigenvalue weighted by Crippen LogP contribution is 2.13. The number of rotatable bonds is 6. The Balaban J connectivity index is 1.75. The van der Waals surface area contributed by atoms with Gasteiger partial charge in [0.25, 0.3) is 0 Å². The minimum Gasteiger partial charge on any atom is -0.468 e. The molecule has 1 aliphatic heterocycles. The average Bonchev–Trinajstić information content (AvgIpc) is 2.79. The van der Waals surface area contributed by atoms with E-state index in [9.17, 15) is 0 Å². The molecular weight excluding hydrogens is 238 g/mol. The molecule has 0 bridgehead atoms. The fraction of sp³-hybridized carbons (Fsp3) is 0.733. The number of hydrogen-bond acceptors (Lipinski definition) is 4. The first kappa shape index (κ1) is 14.6. The van der Waals surface area contributed by atoms with Crippen LogP contribution in [0.4, 0.5) is 0 Å². The van der Waals surface area contributed by atoms with Gasteiger partial charge in [-0.1, -0.05) is 13.8 Å². The molecule has 1 N–H and O–H groups in total. The van der Waals surface area contributed by atoms with Crippen LogP contribution in [0.15, 0.2) is 16.7 Å². The Hall–Kier alpha value is -0.840. The molecular formula is C15H27N3O. The molecule has 1 saturated heterocycles. The van der Waals surface area contributed by atoms with Crippen molar-refractivity contribution in [3.8, 4) is 0 Å². The van der Waals surface area contributed by atoms with Crippen LogP contribution in [-0.4, -0.2) is 49.6 Å². The minimum atomic E-state index is 0.765. The molecule has 2 rings (SSSR count). The summed E-state index contributed by atoms with van der Waals surface area (Å²) in [5.41, 5.74) is 1.23. The minimum absolute atomic E-state index is 0.765. The first-order valence-electron chi connectivity index (χ1n) is 7.33. The van der Waals surface area contributed by atoms with Gasteiger partial charge in [-0.05, 0) is 19.0 Å². The van der Waals surface area contributed by atoms with Gasteiger partial charge in [0, 0.05) is 44.8 Å². The third-order valence-electron chi connectivity index (χ3n) is 3.56. The Bertz CT molecular complexity index is 367. The number of nitrogens with zero attached hydrogens (tertiary/aromatic N) is 2. The lowest BCUT2D eigenvalue weighted by Gasteiger charge is -2.35. The zero-order valence-electron chi connectivity index (χ0n) is 12.5. The van der Waals surface area contributed by atoms with Crippen molar-refractivity contribution in [2.45, 2.75) is 26.9 Å². The third kappa shape index (κ3) is 4.64. The van der Waals surface area contributed by atoms with E-state index in [-0.39, 0.29) is 0 Å². The van der Waals surface area contributed by atoms with Crippen LogP contribution in [0, 0.1) is 5.92 Å².